The molecule has 0 aliphatic rings. The van der Waals surface area contributed by atoms with Crippen molar-refractivity contribution in [1.82, 2.24) is 14.8 Å². The average Bonchev–Trinajstić information content (AvgIpc) is 2.98. The number of amides is 3. The predicted octanol–water partition coefficient (Wildman–Crippen LogP) is 2.83. The highest BCUT2D eigenvalue weighted by atomic mass is 32.1. The van der Waals surface area contributed by atoms with E-state index in [1.807, 2.05) is 12.3 Å². The van der Waals surface area contributed by atoms with Gasteiger partial charge >= 0.3 is 6.03 Å². The summed E-state index contributed by atoms with van der Waals surface area (Å²) < 4.78 is 5.27. The first-order valence-corrected chi connectivity index (χ1v) is 8.52. The van der Waals surface area contributed by atoms with Crippen LogP contribution in [-0.2, 0) is 6.54 Å². The van der Waals surface area contributed by atoms with Gasteiger partial charge in [-0.15, -0.1) is 11.3 Å². The lowest BCUT2D eigenvalue weighted by Gasteiger charge is -2.19. The van der Waals surface area contributed by atoms with Crippen molar-refractivity contribution in [3.05, 3.63) is 39.8 Å². The molecule has 0 fully saturated rings. The van der Waals surface area contributed by atoms with Crippen LogP contribution in [0.5, 0.6) is 5.75 Å². The lowest BCUT2D eigenvalue weighted by atomic mass is 10.1. The Morgan fingerprint density at radius 1 is 1.28 bits per heavy atom. The van der Waals surface area contributed by atoms with Crippen LogP contribution in [0.15, 0.2) is 23.6 Å². The van der Waals surface area contributed by atoms with E-state index in [9.17, 15) is 9.59 Å². The molecule has 0 aliphatic heterocycles. The van der Waals surface area contributed by atoms with Crippen LogP contribution in [-0.4, -0.2) is 55.0 Å². The molecule has 0 saturated heterocycles. The van der Waals surface area contributed by atoms with Gasteiger partial charge in [-0.25, -0.2) is 9.78 Å². The van der Waals surface area contributed by atoms with Gasteiger partial charge in [-0.1, -0.05) is 0 Å². The fourth-order valence-corrected chi connectivity index (χ4v) is 2.81. The molecule has 8 heteroatoms. The Hall–Kier alpha value is -2.61. The lowest BCUT2D eigenvalue weighted by molar-refractivity contribution is 0.0827. The third-order valence-corrected chi connectivity index (χ3v) is 4.33. The monoisotopic (exact) mass is 362 g/mol. The number of carbonyl (C=O) groups is 2. The molecular formula is C17H22N4O3S. The van der Waals surface area contributed by atoms with Crippen LogP contribution in [0.1, 0.15) is 21.1 Å². The lowest BCUT2D eigenvalue weighted by Crippen LogP contribution is -2.31. The maximum absolute atomic E-state index is 12.4. The highest BCUT2D eigenvalue weighted by molar-refractivity contribution is 7.09. The van der Waals surface area contributed by atoms with Crippen LogP contribution in [0.25, 0.3) is 0 Å². The van der Waals surface area contributed by atoms with Crippen molar-refractivity contribution in [3.63, 3.8) is 0 Å². The van der Waals surface area contributed by atoms with Crippen molar-refractivity contribution in [2.24, 2.45) is 0 Å². The molecule has 1 aromatic heterocycles. The number of rotatable bonds is 5. The van der Waals surface area contributed by atoms with E-state index < -0.39 is 0 Å². The minimum absolute atomic E-state index is 0.149. The molecule has 1 heterocycles. The number of nitrogens with one attached hydrogen (secondary N) is 1. The molecule has 0 aliphatic carbocycles. The van der Waals surface area contributed by atoms with Gasteiger partial charge in [0.25, 0.3) is 5.91 Å². The smallest absolute Gasteiger partial charge is 0.322 e. The van der Waals surface area contributed by atoms with E-state index in [-0.39, 0.29) is 11.9 Å². The molecule has 25 heavy (non-hydrogen) atoms. The number of thiazole rings is 1. The minimum atomic E-state index is -0.307. The summed E-state index contributed by atoms with van der Waals surface area (Å²) in [6.07, 6.45) is 0. The zero-order chi connectivity index (χ0) is 18.6. The topological polar surface area (TPSA) is 74.8 Å². The molecule has 0 spiro atoms. The molecular weight excluding hydrogens is 340 g/mol. The number of carbonyl (C=O) groups excluding carboxylic acids is 2. The number of hydrogen-bond acceptors (Lipinski definition) is 5. The van der Waals surface area contributed by atoms with Gasteiger partial charge in [0, 0.05) is 32.1 Å². The van der Waals surface area contributed by atoms with Gasteiger partial charge in [-0.3, -0.25) is 4.79 Å². The van der Waals surface area contributed by atoms with Gasteiger partial charge in [0.15, 0.2) is 0 Å². The number of aromatic nitrogens is 1. The average molecular weight is 362 g/mol. The second-order valence-electron chi connectivity index (χ2n) is 5.76. The van der Waals surface area contributed by atoms with Crippen LogP contribution in [0.4, 0.5) is 10.5 Å². The van der Waals surface area contributed by atoms with Crippen LogP contribution in [0.3, 0.4) is 0 Å². The predicted molar refractivity (Wildman–Crippen MR) is 98.3 cm³/mol. The van der Waals surface area contributed by atoms with Crippen molar-refractivity contribution >= 4 is 29.0 Å². The van der Waals surface area contributed by atoms with Gasteiger partial charge in [0.05, 0.1) is 30.0 Å². The normalized spacial score (nSPS) is 10.3. The van der Waals surface area contributed by atoms with Crippen LogP contribution >= 0.6 is 11.3 Å². The SMILES string of the molecule is COc1ccc(C(=O)N(C)C)cc1NC(=O)N(C)Cc1csc(C)n1. The Morgan fingerprint density at radius 3 is 2.56 bits per heavy atom. The summed E-state index contributed by atoms with van der Waals surface area (Å²) in [7, 11) is 6.55. The third-order valence-electron chi connectivity index (χ3n) is 3.51. The summed E-state index contributed by atoms with van der Waals surface area (Å²) in [6.45, 7) is 2.32. The maximum atomic E-state index is 12.4. The van der Waals surface area contributed by atoms with E-state index >= 15 is 0 Å². The fraction of sp³-hybridized carbons (Fsp3) is 0.353. The van der Waals surface area contributed by atoms with E-state index in [1.165, 1.54) is 16.9 Å². The Bertz CT molecular complexity index is 773. The van der Waals surface area contributed by atoms with E-state index in [0.29, 0.717) is 23.5 Å². The Labute approximate surface area is 151 Å². The molecule has 2 rings (SSSR count). The van der Waals surface area contributed by atoms with Crippen molar-refractivity contribution in [2.75, 3.05) is 33.6 Å². The van der Waals surface area contributed by atoms with Crippen LogP contribution in [0, 0.1) is 6.92 Å². The number of benzene rings is 1. The zero-order valence-electron chi connectivity index (χ0n) is 15.0. The molecule has 0 saturated carbocycles. The molecule has 134 valence electrons. The summed E-state index contributed by atoms with van der Waals surface area (Å²) in [4.78, 5) is 31.9. The molecule has 3 amide bonds. The van der Waals surface area contributed by atoms with Gasteiger partial charge in [-0.2, -0.15) is 0 Å². The number of methoxy groups -OCH3 is 1. The van der Waals surface area contributed by atoms with E-state index in [4.69, 9.17) is 4.74 Å². The number of hydrogen-bond donors (Lipinski definition) is 1. The molecule has 1 aromatic carbocycles. The summed E-state index contributed by atoms with van der Waals surface area (Å²) in [5, 5.41) is 5.67. The quantitative estimate of drug-likeness (QED) is 0.887. The number of anilines is 1. The summed E-state index contributed by atoms with van der Waals surface area (Å²) in [6, 6.07) is 4.63. The Morgan fingerprint density at radius 2 is 2.00 bits per heavy atom. The van der Waals surface area contributed by atoms with Gasteiger partial charge in [0.1, 0.15) is 5.75 Å². The van der Waals surface area contributed by atoms with Gasteiger partial charge in [0.2, 0.25) is 0 Å². The summed E-state index contributed by atoms with van der Waals surface area (Å²) >= 11 is 1.54. The standard InChI is InChI=1S/C17H22N4O3S/c1-11-18-13(10-25-11)9-21(4)17(23)19-14-8-12(16(22)20(2)3)6-7-15(14)24-5/h6-8,10H,9H2,1-5H3,(H,19,23). The highest BCUT2D eigenvalue weighted by Crippen LogP contribution is 2.26. The van der Waals surface area contributed by atoms with E-state index in [2.05, 4.69) is 10.3 Å². The van der Waals surface area contributed by atoms with Crippen molar-refractivity contribution in [2.45, 2.75) is 13.5 Å². The van der Waals surface area contributed by atoms with Crippen LogP contribution in [0.2, 0.25) is 0 Å². The number of ether oxygens (including phenoxy) is 1. The van der Waals surface area contributed by atoms with E-state index in [1.54, 1.807) is 50.7 Å². The first-order chi connectivity index (χ1) is 11.8. The minimum Gasteiger partial charge on any atom is -0.495 e. The van der Waals surface area contributed by atoms with Crippen LogP contribution < -0.4 is 10.1 Å². The van der Waals surface area contributed by atoms with Crippen molar-refractivity contribution in [3.8, 4) is 5.75 Å². The molecule has 0 atom stereocenters. The van der Waals surface area contributed by atoms with E-state index in [0.717, 1.165) is 10.7 Å². The van der Waals surface area contributed by atoms with Gasteiger partial charge in [-0.05, 0) is 25.1 Å². The molecule has 2 aromatic rings. The largest absolute Gasteiger partial charge is 0.495 e. The Kier molecular flexibility index (Phi) is 5.97. The second-order valence-corrected chi connectivity index (χ2v) is 6.82. The summed E-state index contributed by atoms with van der Waals surface area (Å²) in [5.41, 5.74) is 1.75. The van der Waals surface area contributed by atoms with Gasteiger partial charge < -0.3 is 19.9 Å². The molecule has 0 unspecified atom stereocenters. The molecule has 0 bridgehead atoms. The molecule has 7 nitrogen and oxygen atoms in total. The summed E-state index contributed by atoms with van der Waals surface area (Å²) in [5.74, 6) is 0.339. The molecule has 1 N–H and O–H groups in total. The first-order valence-electron chi connectivity index (χ1n) is 7.64. The highest BCUT2D eigenvalue weighted by Gasteiger charge is 2.16. The number of aryl methyl sites for hydroxylation is 1. The third kappa shape index (κ3) is 4.69. The van der Waals surface area contributed by atoms with Crippen molar-refractivity contribution < 1.29 is 14.3 Å². The maximum Gasteiger partial charge on any atom is 0.322 e. The first kappa shape index (κ1) is 18.7. The Balaban J connectivity index is 2.15. The zero-order valence-corrected chi connectivity index (χ0v) is 15.8. The number of urea groups is 1. The molecule has 0 radical (unpaired) electrons. The second kappa shape index (κ2) is 7.98. The van der Waals surface area contributed by atoms with Crippen molar-refractivity contribution in [1.29, 1.82) is 0 Å². The fourth-order valence-electron chi connectivity index (χ4n) is 2.20. The number of nitrogens with zero attached hydrogens (tertiary/aromatic N) is 3.